The lowest BCUT2D eigenvalue weighted by atomic mass is 11.1. The van der Waals surface area contributed by atoms with Gasteiger partial charge in [0.25, 0.3) is 0 Å². The molecule has 0 bridgehead atoms. The molecule has 0 radical (unpaired) electrons. The van der Waals surface area contributed by atoms with Gasteiger partial charge in [-0.05, 0) is 0 Å². The van der Waals surface area contributed by atoms with Crippen molar-refractivity contribution in [3.63, 3.8) is 0 Å². The summed E-state index contributed by atoms with van der Waals surface area (Å²) in [6.07, 6.45) is 1.10. The van der Waals surface area contributed by atoms with Gasteiger partial charge < -0.3 is 0 Å². The van der Waals surface area contributed by atoms with Crippen molar-refractivity contribution in [1.82, 2.24) is 5.12 Å². The van der Waals surface area contributed by atoms with Crippen LogP contribution in [0.3, 0.4) is 0 Å². The molecule has 0 aliphatic heterocycles. The number of rotatable bonds is 2. The fourth-order valence-corrected chi connectivity index (χ4v) is 0.0333. The Kier molecular flexibility index (Phi) is 1.99. The van der Waals surface area contributed by atoms with Gasteiger partial charge in [0.1, 0.15) is 0 Å². The molecular formula is C2H5N3O. The molecule has 0 aliphatic carbocycles. The number of hydrazine groups is 1. The number of nitroso groups, excluding NO2 is 1. The Hall–Kier alpha value is -0.900. The fourth-order valence-electron chi connectivity index (χ4n) is 0.0333. The Balaban J connectivity index is 3.21. The van der Waals surface area contributed by atoms with E-state index in [1.165, 1.54) is 0 Å². The summed E-state index contributed by atoms with van der Waals surface area (Å²) in [5.74, 6) is 4.71. The molecule has 4 heteroatoms. The maximum atomic E-state index is 9.22. The Labute approximate surface area is 35.1 Å². The highest BCUT2D eigenvalue weighted by Crippen LogP contribution is 1.70. The predicted molar refractivity (Wildman–Crippen MR) is 22.0 cm³/mol. The minimum Gasteiger partial charge on any atom is -0.224 e. The van der Waals surface area contributed by atoms with Crippen LogP contribution in [0.25, 0.3) is 0 Å². The zero-order valence-corrected chi connectivity index (χ0v) is 3.16. The lowest BCUT2D eigenvalue weighted by Crippen LogP contribution is -2.15. The zero-order chi connectivity index (χ0) is 4.99. The average molecular weight is 87.1 g/mol. The average Bonchev–Trinajstić information content (AvgIpc) is 1.65. The molecule has 0 atom stereocenters. The number of nitrogens with zero attached hydrogens (tertiary/aromatic N) is 2. The van der Waals surface area contributed by atoms with Crippen molar-refractivity contribution in [2.24, 2.45) is 11.1 Å². The van der Waals surface area contributed by atoms with Gasteiger partial charge in [0.05, 0.1) is 5.29 Å². The highest BCUT2D eigenvalue weighted by molar-refractivity contribution is 4.57. The molecule has 6 heavy (non-hydrogen) atoms. The molecule has 0 spiro atoms. The molecule has 0 fully saturated rings. The van der Waals surface area contributed by atoms with E-state index >= 15 is 0 Å². The van der Waals surface area contributed by atoms with Crippen LogP contribution in [0.5, 0.6) is 0 Å². The van der Waals surface area contributed by atoms with Crippen molar-refractivity contribution in [2.75, 3.05) is 0 Å². The normalized spacial score (nSPS) is 6.83. The van der Waals surface area contributed by atoms with Crippen molar-refractivity contribution >= 4 is 0 Å². The largest absolute Gasteiger partial charge is 0.224 e. The molecule has 0 aromatic heterocycles. The molecule has 0 heterocycles. The summed E-state index contributed by atoms with van der Waals surface area (Å²) in [6.45, 7) is 3.14. The summed E-state index contributed by atoms with van der Waals surface area (Å²) in [5, 5.41) is 2.83. The Morgan fingerprint density at radius 1 is 2.00 bits per heavy atom. The molecule has 0 aromatic carbocycles. The van der Waals surface area contributed by atoms with Crippen molar-refractivity contribution < 1.29 is 0 Å². The summed E-state index contributed by atoms with van der Waals surface area (Å²) in [5.41, 5.74) is 0. The number of nitrogens with two attached hydrogens (primary N) is 1. The van der Waals surface area contributed by atoms with Crippen molar-refractivity contribution in [3.8, 4) is 0 Å². The second-order valence-electron chi connectivity index (χ2n) is 0.644. The number of hydrogen-bond acceptors (Lipinski definition) is 3. The highest BCUT2D eigenvalue weighted by atomic mass is 16.3. The smallest absolute Gasteiger partial charge is 0.0727 e. The molecule has 0 aliphatic rings. The summed E-state index contributed by atoms with van der Waals surface area (Å²) in [7, 11) is 0. The molecule has 4 nitrogen and oxygen atoms in total. The van der Waals surface area contributed by atoms with E-state index in [9.17, 15) is 4.91 Å². The fraction of sp³-hybridized carbons (Fsp3) is 0. The quantitative estimate of drug-likeness (QED) is 0.292. The zero-order valence-electron chi connectivity index (χ0n) is 3.16. The molecule has 0 saturated carbocycles. The third-order valence-electron chi connectivity index (χ3n) is 0.281. The minimum absolute atomic E-state index is 0.583. The van der Waals surface area contributed by atoms with Crippen LogP contribution in [0.2, 0.25) is 0 Å². The van der Waals surface area contributed by atoms with Crippen molar-refractivity contribution in [3.05, 3.63) is 17.7 Å². The molecule has 34 valence electrons. The number of hydrogen-bond donors (Lipinski definition) is 1. The third kappa shape index (κ3) is 1.42. The van der Waals surface area contributed by atoms with Gasteiger partial charge >= 0.3 is 0 Å². The van der Waals surface area contributed by atoms with Gasteiger partial charge in [-0.15, -0.1) is 4.91 Å². The molecule has 0 rings (SSSR count). The molecule has 0 aromatic rings. The summed E-state index contributed by atoms with van der Waals surface area (Å²) in [4.78, 5) is 9.22. The van der Waals surface area contributed by atoms with E-state index in [1.54, 1.807) is 0 Å². The first-order valence-electron chi connectivity index (χ1n) is 1.31. The Morgan fingerprint density at radius 3 is 2.50 bits per heavy atom. The summed E-state index contributed by atoms with van der Waals surface area (Å²) < 4.78 is 0. The predicted octanol–water partition coefficient (Wildman–Crippen LogP) is -0.0130. The van der Waals surface area contributed by atoms with E-state index in [1.807, 2.05) is 0 Å². The van der Waals surface area contributed by atoms with Crippen molar-refractivity contribution in [1.29, 1.82) is 0 Å². The van der Waals surface area contributed by atoms with Gasteiger partial charge in [0, 0.05) is 6.20 Å². The maximum absolute atomic E-state index is 9.22. The lowest BCUT2D eigenvalue weighted by molar-refractivity contribution is 0.416. The minimum atomic E-state index is 0.583. The lowest BCUT2D eigenvalue weighted by Gasteiger charge is -1.93. The summed E-state index contributed by atoms with van der Waals surface area (Å²) in [6, 6.07) is 0. The van der Waals surface area contributed by atoms with E-state index in [0.717, 1.165) is 6.20 Å². The van der Waals surface area contributed by atoms with E-state index < -0.39 is 0 Å². The molecule has 0 saturated heterocycles. The molecule has 0 unspecified atom stereocenters. The van der Waals surface area contributed by atoms with Crippen LogP contribution in [-0.2, 0) is 0 Å². The van der Waals surface area contributed by atoms with E-state index in [4.69, 9.17) is 5.84 Å². The summed E-state index contributed by atoms with van der Waals surface area (Å²) >= 11 is 0. The SMILES string of the molecule is C=CN(N)N=O. The molecule has 0 amide bonds. The van der Waals surface area contributed by atoms with Crippen LogP contribution >= 0.6 is 0 Å². The standard InChI is InChI=1S/C2H5N3O/c1-2-5(3)4-6/h2H,1,3H2. The van der Waals surface area contributed by atoms with E-state index in [-0.39, 0.29) is 0 Å². The van der Waals surface area contributed by atoms with Crippen LogP contribution in [-0.4, -0.2) is 5.12 Å². The van der Waals surface area contributed by atoms with Crippen LogP contribution in [0.1, 0.15) is 0 Å². The van der Waals surface area contributed by atoms with Gasteiger partial charge in [-0.1, -0.05) is 6.58 Å². The second-order valence-corrected chi connectivity index (χ2v) is 0.644. The van der Waals surface area contributed by atoms with Crippen LogP contribution in [0.15, 0.2) is 18.1 Å². The van der Waals surface area contributed by atoms with E-state index in [0.29, 0.717) is 5.12 Å². The molecular weight excluding hydrogens is 82.0 g/mol. The van der Waals surface area contributed by atoms with Gasteiger partial charge in [0.15, 0.2) is 0 Å². The topological polar surface area (TPSA) is 58.7 Å². The van der Waals surface area contributed by atoms with E-state index in [2.05, 4.69) is 11.9 Å². The van der Waals surface area contributed by atoms with Crippen LogP contribution in [0.4, 0.5) is 0 Å². The first-order valence-corrected chi connectivity index (χ1v) is 1.31. The Bertz CT molecular complexity index is 53.8. The Morgan fingerprint density at radius 2 is 2.50 bits per heavy atom. The molecule has 2 N–H and O–H groups in total. The third-order valence-corrected chi connectivity index (χ3v) is 0.281. The van der Waals surface area contributed by atoms with Crippen molar-refractivity contribution in [2.45, 2.75) is 0 Å². The highest BCUT2D eigenvalue weighted by Gasteiger charge is 1.75. The van der Waals surface area contributed by atoms with Gasteiger partial charge in [-0.3, -0.25) is 0 Å². The maximum Gasteiger partial charge on any atom is 0.0727 e. The monoisotopic (exact) mass is 87.0 g/mol. The van der Waals surface area contributed by atoms with Gasteiger partial charge in [-0.2, -0.15) is 5.12 Å². The van der Waals surface area contributed by atoms with Crippen LogP contribution in [0, 0.1) is 4.91 Å². The first-order chi connectivity index (χ1) is 2.81. The van der Waals surface area contributed by atoms with Crippen LogP contribution < -0.4 is 5.84 Å². The van der Waals surface area contributed by atoms with Gasteiger partial charge in [0.2, 0.25) is 0 Å². The second kappa shape index (κ2) is 2.34. The first kappa shape index (κ1) is 5.10. The van der Waals surface area contributed by atoms with Gasteiger partial charge in [-0.25, -0.2) is 5.84 Å².